The highest BCUT2D eigenvalue weighted by Crippen LogP contribution is 2.75. The van der Waals surface area contributed by atoms with Crippen molar-refractivity contribution in [1.29, 1.82) is 0 Å². The van der Waals surface area contributed by atoms with Gasteiger partial charge < -0.3 is 24.8 Å². The first-order valence-electron chi connectivity index (χ1n) is 20.1. The van der Waals surface area contributed by atoms with Gasteiger partial charge in [0.05, 0.1) is 37.9 Å². The van der Waals surface area contributed by atoms with Crippen LogP contribution in [0.4, 0.5) is 0 Å². The minimum Gasteiger partial charge on any atom is -0.481 e. The second kappa shape index (κ2) is 13.2. The Morgan fingerprint density at radius 3 is 2.38 bits per heavy atom. The Bertz CT molecular complexity index is 1570. The SMILES string of the molecule is CN[C@@](C)(CO[C@H]1[C@H](n2ncnc2C(=O)N(C)C)CC23COC[C@@]1(C)[C@@H]2CC[C@H]1C3=CC[C@@]2(C)[C@H](C(=O)O)[C@@](C)([C@H](C)C(C)C)CC[C@]12C)C(C)C. The van der Waals surface area contributed by atoms with Crippen LogP contribution in [0.1, 0.15) is 124 Å². The molecule has 0 radical (unpaired) electrons. The van der Waals surface area contributed by atoms with Crippen LogP contribution in [0.3, 0.4) is 0 Å². The summed E-state index contributed by atoms with van der Waals surface area (Å²) in [6, 6.07) is -0.242. The lowest BCUT2D eigenvalue weighted by atomic mass is 9.34. The molecule has 6 rings (SSSR count). The molecule has 2 heterocycles. The van der Waals surface area contributed by atoms with Gasteiger partial charge in [0.1, 0.15) is 6.33 Å². The van der Waals surface area contributed by atoms with Gasteiger partial charge in [-0.25, -0.2) is 9.67 Å². The number of carbonyl (C=O) groups is 2. The fourth-order valence-electron chi connectivity index (χ4n) is 12.8. The summed E-state index contributed by atoms with van der Waals surface area (Å²) >= 11 is 0. The van der Waals surface area contributed by atoms with Crippen molar-refractivity contribution in [3.8, 4) is 0 Å². The maximum atomic E-state index is 13.6. The van der Waals surface area contributed by atoms with Gasteiger partial charge in [-0.2, -0.15) is 5.10 Å². The molecule has 10 nitrogen and oxygen atoms in total. The number of carboxylic acids is 1. The summed E-state index contributed by atoms with van der Waals surface area (Å²) in [7, 11) is 5.52. The summed E-state index contributed by atoms with van der Waals surface area (Å²) < 4.78 is 15.8. The van der Waals surface area contributed by atoms with Crippen molar-refractivity contribution >= 4 is 11.9 Å². The molecule has 2 bridgehead atoms. The Morgan fingerprint density at radius 1 is 1.10 bits per heavy atom. The molecule has 3 saturated carbocycles. The minimum absolute atomic E-state index is 0.174. The molecule has 12 atom stereocenters. The highest BCUT2D eigenvalue weighted by atomic mass is 16.5. The third kappa shape index (κ3) is 5.41. The molecule has 1 aromatic rings. The third-order valence-corrected chi connectivity index (χ3v) is 17.0. The molecule has 2 N–H and O–H groups in total. The number of carbonyl (C=O) groups excluding carboxylic acids is 1. The highest BCUT2D eigenvalue weighted by Gasteiger charge is 2.72. The van der Waals surface area contributed by atoms with E-state index in [9.17, 15) is 14.7 Å². The molecular formula is C42H69N5O5. The first-order chi connectivity index (χ1) is 24.2. The second-order valence-electron chi connectivity index (χ2n) is 19.9. The molecule has 1 unspecified atom stereocenters. The Kier molecular flexibility index (Phi) is 9.98. The second-order valence-corrected chi connectivity index (χ2v) is 19.9. The normalized spacial score (nSPS) is 41.7. The Labute approximate surface area is 313 Å². The topological polar surface area (TPSA) is 119 Å². The number of hydrogen-bond donors (Lipinski definition) is 2. The van der Waals surface area contributed by atoms with E-state index in [1.165, 1.54) is 11.9 Å². The van der Waals surface area contributed by atoms with Gasteiger partial charge >= 0.3 is 5.97 Å². The Balaban J connectivity index is 1.48. The number of aromatic nitrogens is 3. The number of allylic oxidation sites excluding steroid dienone is 1. The molecule has 1 amide bonds. The lowest BCUT2D eigenvalue weighted by molar-refractivity contribution is -0.253. The molecule has 4 aliphatic carbocycles. The summed E-state index contributed by atoms with van der Waals surface area (Å²) in [5.74, 6) is 0.672. The lowest BCUT2D eigenvalue weighted by Gasteiger charge is -2.71. The fraction of sp³-hybridized carbons (Fsp3) is 0.857. The molecule has 52 heavy (non-hydrogen) atoms. The molecule has 1 aromatic heterocycles. The van der Waals surface area contributed by atoms with Crippen LogP contribution < -0.4 is 5.32 Å². The summed E-state index contributed by atoms with van der Waals surface area (Å²) in [5, 5.41) is 19.4. The predicted octanol–water partition coefficient (Wildman–Crippen LogP) is 7.13. The predicted molar refractivity (Wildman–Crippen MR) is 203 cm³/mol. The molecule has 292 valence electrons. The van der Waals surface area contributed by atoms with Gasteiger partial charge in [0, 0.05) is 30.5 Å². The summed E-state index contributed by atoms with van der Waals surface area (Å²) in [6.45, 7) is 24.5. The number of carboxylic acid groups (broad SMARTS) is 1. The van der Waals surface area contributed by atoms with E-state index >= 15 is 0 Å². The van der Waals surface area contributed by atoms with Gasteiger partial charge in [0.15, 0.2) is 0 Å². The van der Waals surface area contributed by atoms with Crippen LogP contribution in [0, 0.1) is 62.6 Å². The number of nitrogens with one attached hydrogen (secondary N) is 1. The van der Waals surface area contributed by atoms with E-state index < -0.39 is 17.3 Å². The Morgan fingerprint density at radius 2 is 1.79 bits per heavy atom. The van der Waals surface area contributed by atoms with Crippen molar-refractivity contribution in [2.75, 3.05) is 41.0 Å². The zero-order valence-corrected chi connectivity index (χ0v) is 34.5. The van der Waals surface area contributed by atoms with E-state index in [0.717, 1.165) is 38.5 Å². The fourth-order valence-corrected chi connectivity index (χ4v) is 12.8. The van der Waals surface area contributed by atoms with Crippen LogP contribution in [0.5, 0.6) is 0 Å². The maximum Gasteiger partial charge on any atom is 0.307 e. The number of rotatable bonds is 10. The monoisotopic (exact) mass is 724 g/mol. The molecule has 0 aromatic carbocycles. The average molecular weight is 724 g/mol. The minimum atomic E-state index is -0.641. The van der Waals surface area contributed by atoms with Crippen molar-refractivity contribution in [2.45, 2.75) is 125 Å². The van der Waals surface area contributed by atoms with E-state index in [4.69, 9.17) is 14.6 Å². The number of fused-ring (bicyclic) bond motifs is 3. The summed E-state index contributed by atoms with van der Waals surface area (Å²) in [4.78, 5) is 33.2. The van der Waals surface area contributed by atoms with Crippen molar-refractivity contribution < 1.29 is 24.2 Å². The number of hydrogen-bond acceptors (Lipinski definition) is 7. The number of nitrogens with zero attached hydrogens (tertiary/aromatic N) is 4. The van der Waals surface area contributed by atoms with E-state index in [-0.39, 0.29) is 51.2 Å². The van der Waals surface area contributed by atoms with Crippen LogP contribution in [-0.2, 0) is 14.3 Å². The first kappa shape index (κ1) is 39.4. The standard InChI is InChI=1S/C42H69N5O5/c1-25(2)27(5)37(6)18-19-39(8)28-14-15-31-38(7)21-51-23-42(31,29(28)16-17-40(39,9)32(37)36(49)50)20-30(33(38)52-22-41(10,43-11)26(3)4)47-34(44-24-45-47)35(48)46(12)13/h16,24-28,30-33,43H,14-15,17-23H2,1-13H3,(H,49,50)/t27-,28+,30-,31+,32-,33+,37-,38+,39-,40+,41+,42?/m1/s1. The molecule has 10 heteroatoms. The van der Waals surface area contributed by atoms with Gasteiger partial charge in [-0.3, -0.25) is 9.59 Å². The van der Waals surface area contributed by atoms with Crippen LogP contribution in [0.25, 0.3) is 0 Å². The van der Waals surface area contributed by atoms with Crippen LogP contribution in [0.15, 0.2) is 18.0 Å². The van der Waals surface area contributed by atoms with Crippen molar-refractivity contribution in [3.05, 3.63) is 23.8 Å². The number of likely N-dealkylation sites (N-methyl/N-ethyl adjacent to an activating group) is 1. The van der Waals surface area contributed by atoms with Gasteiger partial charge in [0.25, 0.3) is 5.91 Å². The van der Waals surface area contributed by atoms with Crippen LogP contribution in [-0.4, -0.2) is 89.3 Å². The maximum absolute atomic E-state index is 13.6. The smallest absolute Gasteiger partial charge is 0.307 e. The van der Waals surface area contributed by atoms with Gasteiger partial charge in [-0.05, 0) is 98.3 Å². The van der Waals surface area contributed by atoms with E-state index in [1.54, 1.807) is 19.0 Å². The first-order valence-corrected chi connectivity index (χ1v) is 20.1. The van der Waals surface area contributed by atoms with Gasteiger partial charge in [-0.15, -0.1) is 0 Å². The van der Waals surface area contributed by atoms with Crippen molar-refractivity contribution in [3.63, 3.8) is 0 Å². The largest absolute Gasteiger partial charge is 0.481 e. The molecule has 4 fully saturated rings. The van der Waals surface area contributed by atoms with Crippen molar-refractivity contribution in [1.82, 2.24) is 25.0 Å². The number of aliphatic carboxylic acids is 1. The van der Waals surface area contributed by atoms with E-state index in [1.807, 2.05) is 11.7 Å². The number of amides is 1. The summed E-state index contributed by atoms with van der Waals surface area (Å²) in [5.41, 5.74) is -0.292. The third-order valence-electron chi connectivity index (χ3n) is 17.0. The van der Waals surface area contributed by atoms with E-state index in [2.05, 4.69) is 85.6 Å². The highest BCUT2D eigenvalue weighted by molar-refractivity contribution is 5.90. The lowest BCUT2D eigenvalue weighted by Crippen LogP contribution is -2.69. The van der Waals surface area contributed by atoms with E-state index in [0.29, 0.717) is 49.3 Å². The van der Waals surface area contributed by atoms with Crippen LogP contribution >= 0.6 is 0 Å². The molecule has 1 aliphatic heterocycles. The van der Waals surface area contributed by atoms with Crippen molar-refractivity contribution in [2.24, 2.45) is 62.6 Å². The molecule has 0 spiro atoms. The zero-order valence-electron chi connectivity index (χ0n) is 34.5. The quantitative estimate of drug-likeness (QED) is 0.245. The summed E-state index contributed by atoms with van der Waals surface area (Å²) in [6.07, 6.45) is 9.20. The average Bonchev–Trinajstić information content (AvgIpc) is 3.56. The molecular weight excluding hydrogens is 654 g/mol. The van der Waals surface area contributed by atoms with Gasteiger partial charge in [0.2, 0.25) is 5.82 Å². The zero-order chi connectivity index (χ0) is 38.4. The molecule has 5 aliphatic rings. The Hall–Kier alpha value is -2.30. The van der Waals surface area contributed by atoms with Crippen LogP contribution in [0.2, 0.25) is 0 Å². The molecule has 1 saturated heterocycles. The number of ether oxygens (including phenoxy) is 2. The van der Waals surface area contributed by atoms with Gasteiger partial charge in [-0.1, -0.05) is 74.0 Å².